The predicted molar refractivity (Wildman–Crippen MR) is 77.2 cm³/mol. The smallest absolute Gasteiger partial charge is 0.0847 e. The summed E-state index contributed by atoms with van der Waals surface area (Å²) in [7, 11) is 0. The molecular weight excluding hydrogens is 267 g/mol. The third kappa shape index (κ3) is 3.01. The van der Waals surface area contributed by atoms with E-state index in [1.807, 2.05) is 6.07 Å². The minimum atomic E-state index is -0.527. The monoisotopic (exact) mass is 286 g/mol. The van der Waals surface area contributed by atoms with Crippen LogP contribution in [0.1, 0.15) is 50.7 Å². The van der Waals surface area contributed by atoms with Crippen LogP contribution in [0.4, 0.5) is 0 Å². The molecule has 1 aliphatic rings. The minimum absolute atomic E-state index is 0.293. The minimum Gasteiger partial charge on any atom is -0.388 e. The molecular formula is C15H20Cl2O. The molecule has 1 fully saturated rings. The molecule has 1 N–H and O–H groups in total. The Morgan fingerprint density at radius 1 is 1.28 bits per heavy atom. The Morgan fingerprint density at radius 3 is 2.56 bits per heavy atom. The quantitative estimate of drug-likeness (QED) is 0.805. The van der Waals surface area contributed by atoms with Crippen molar-refractivity contribution in [1.29, 1.82) is 0 Å². The molecule has 1 aliphatic carbocycles. The molecule has 18 heavy (non-hydrogen) atoms. The highest BCUT2D eigenvalue weighted by atomic mass is 35.5. The zero-order valence-electron chi connectivity index (χ0n) is 10.7. The summed E-state index contributed by atoms with van der Waals surface area (Å²) in [5.41, 5.74) is 0.711. The van der Waals surface area contributed by atoms with Crippen molar-refractivity contribution in [3.63, 3.8) is 0 Å². The number of rotatable bonds is 3. The number of benzene rings is 1. The van der Waals surface area contributed by atoms with Gasteiger partial charge in [-0.05, 0) is 36.8 Å². The van der Waals surface area contributed by atoms with Crippen LogP contribution in [0.15, 0.2) is 18.2 Å². The molecule has 0 bridgehead atoms. The lowest BCUT2D eigenvalue weighted by molar-refractivity contribution is 0.0679. The molecule has 1 aromatic carbocycles. The van der Waals surface area contributed by atoms with Crippen LogP contribution in [0.3, 0.4) is 0 Å². The number of aliphatic hydroxyl groups is 1. The van der Waals surface area contributed by atoms with E-state index in [1.54, 1.807) is 12.1 Å². The number of hydrogen-bond donors (Lipinski definition) is 1. The van der Waals surface area contributed by atoms with Crippen LogP contribution in [0.2, 0.25) is 10.0 Å². The molecule has 3 heteroatoms. The molecule has 1 saturated carbocycles. The van der Waals surface area contributed by atoms with Crippen molar-refractivity contribution in [3.05, 3.63) is 33.8 Å². The summed E-state index contributed by atoms with van der Waals surface area (Å²) in [4.78, 5) is 0. The molecule has 0 aromatic heterocycles. The number of halogens is 2. The largest absolute Gasteiger partial charge is 0.388 e. The summed E-state index contributed by atoms with van der Waals surface area (Å²) in [6.07, 6.45) is 5.30. The molecule has 0 aliphatic heterocycles. The fourth-order valence-corrected chi connectivity index (χ4v) is 3.64. The second kappa shape index (κ2) is 6.27. The number of hydrogen-bond acceptors (Lipinski definition) is 1. The summed E-state index contributed by atoms with van der Waals surface area (Å²) in [5, 5.41) is 11.7. The highest BCUT2D eigenvalue weighted by Gasteiger charge is 2.29. The van der Waals surface area contributed by atoms with E-state index in [1.165, 1.54) is 19.3 Å². The van der Waals surface area contributed by atoms with E-state index in [2.05, 4.69) is 6.92 Å². The summed E-state index contributed by atoms with van der Waals surface area (Å²) in [5.74, 6) is 1.03. The Bertz CT molecular complexity index is 385. The fraction of sp³-hybridized carbons (Fsp3) is 0.600. The third-order valence-electron chi connectivity index (χ3n) is 4.14. The van der Waals surface area contributed by atoms with Crippen LogP contribution >= 0.6 is 23.2 Å². The maximum atomic E-state index is 10.6. The van der Waals surface area contributed by atoms with Crippen LogP contribution in [-0.4, -0.2) is 5.11 Å². The van der Waals surface area contributed by atoms with E-state index in [9.17, 15) is 5.11 Å². The molecule has 0 radical (unpaired) electrons. The van der Waals surface area contributed by atoms with E-state index in [-0.39, 0.29) is 0 Å². The van der Waals surface area contributed by atoms with Gasteiger partial charge >= 0.3 is 0 Å². The molecule has 1 nitrogen and oxygen atoms in total. The van der Waals surface area contributed by atoms with Crippen molar-refractivity contribution >= 4 is 23.2 Å². The fourth-order valence-electron chi connectivity index (χ4n) is 3.02. The Morgan fingerprint density at radius 2 is 1.94 bits per heavy atom. The van der Waals surface area contributed by atoms with Gasteiger partial charge in [-0.1, -0.05) is 55.5 Å². The lowest BCUT2D eigenvalue weighted by atomic mass is 9.76. The van der Waals surface area contributed by atoms with Crippen molar-refractivity contribution < 1.29 is 5.11 Å². The van der Waals surface area contributed by atoms with Gasteiger partial charge in [-0.2, -0.15) is 0 Å². The van der Waals surface area contributed by atoms with Crippen LogP contribution in [0, 0.1) is 11.8 Å². The normalized spacial score (nSPS) is 26.0. The predicted octanol–water partition coefficient (Wildman–Crippen LogP) is 5.24. The molecule has 3 atom stereocenters. The van der Waals surface area contributed by atoms with Gasteiger partial charge in [0.1, 0.15) is 0 Å². The SMILES string of the molecule is CCC1CCCC(C(O)c2c(Cl)cccc2Cl)C1. The Kier molecular flexibility index (Phi) is 4.94. The first-order chi connectivity index (χ1) is 8.63. The van der Waals surface area contributed by atoms with Crippen LogP contribution < -0.4 is 0 Å². The summed E-state index contributed by atoms with van der Waals surface area (Å²) in [6.45, 7) is 2.22. The van der Waals surface area contributed by atoms with Gasteiger partial charge in [-0.15, -0.1) is 0 Å². The molecule has 0 saturated heterocycles. The standard InChI is InChI=1S/C15H20Cl2O/c1-2-10-5-3-6-11(9-10)15(18)14-12(16)7-4-8-13(14)17/h4,7-8,10-11,15,18H,2-3,5-6,9H2,1H3. The molecule has 0 amide bonds. The van der Waals surface area contributed by atoms with Gasteiger partial charge in [-0.25, -0.2) is 0 Å². The van der Waals surface area contributed by atoms with Gasteiger partial charge in [0.05, 0.1) is 6.10 Å². The van der Waals surface area contributed by atoms with E-state index < -0.39 is 6.10 Å². The lowest BCUT2D eigenvalue weighted by Crippen LogP contribution is -2.21. The summed E-state index contributed by atoms with van der Waals surface area (Å²) in [6, 6.07) is 5.41. The lowest BCUT2D eigenvalue weighted by Gasteiger charge is -2.32. The van der Waals surface area contributed by atoms with Gasteiger partial charge < -0.3 is 5.11 Å². The molecule has 0 spiro atoms. The zero-order chi connectivity index (χ0) is 13.1. The van der Waals surface area contributed by atoms with Crippen molar-refractivity contribution in [2.75, 3.05) is 0 Å². The molecule has 2 rings (SSSR count). The summed E-state index contributed by atoms with van der Waals surface area (Å²) < 4.78 is 0. The van der Waals surface area contributed by atoms with Gasteiger partial charge in [0.15, 0.2) is 0 Å². The molecule has 3 unspecified atom stereocenters. The van der Waals surface area contributed by atoms with Crippen molar-refractivity contribution in [1.82, 2.24) is 0 Å². The summed E-state index contributed by atoms with van der Waals surface area (Å²) >= 11 is 12.3. The first kappa shape index (κ1) is 14.2. The van der Waals surface area contributed by atoms with E-state index in [0.717, 1.165) is 18.8 Å². The van der Waals surface area contributed by atoms with Crippen LogP contribution in [0.25, 0.3) is 0 Å². The first-order valence-corrected chi connectivity index (χ1v) is 7.51. The van der Waals surface area contributed by atoms with Crippen molar-refractivity contribution in [3.8, 4) is 0 Å². The Balaban J connectivity index is 2.17. The zero-order valence-corrected chi connectivity index (χ0v) is 12.2. The van der Waals surface area contributed by atoms with Gasteiger partial charge in [-0.3, -0.25) is 0 Å². The van der Waals surface area contributed by atoms with Gasteiger partial charge in [0.2, 0.25) is 0 Å². The molecule has 100 valence electrons. The van der Waals surface area contributed by atoms with Gasteiger partial charge in [0, 0.05) is 15.6 Å². The third-order valence-corrected chi connectivity index (χ3v) is 4.80. The number of aliphatic hydroxyl groups excluding tert-OH is 1. The highest BCUT2D eigenvalue weighted by molar-refractivity contribution is 6.36. The maximum Gasteiger partial charge on any atom is 0.0847 e. The highest BCUT2D eigenvalue weighted by Crippen LogP contribution is 2.42. The molecule has 1 aromatic rings. The van der Waals surface area contributed by atoms with E-state index in [4.69, 9.17) is 23.2 Å². The second-order valence-electron chi connectivity index (χ2n) is 5.28. The first-order valence-electron chi connectivity index (χ1n) is 6.75. The van der Waals surface area contributed by atoms with E-state index >= 15 is 0 Å². The Hall–Kier alpha value is -0.240. The van der Waals surface area contributed by atoms with Crippen LogP contribution in [0.5, 0.6) is 0 Å². The second-order valence-corrected chi connectivity index (χ2v) is 6.10. The van der Waals surface area contributed by atoms with Crippen LogP contribution in [-0.2, 0) is 0 Å². The van der Waals surface area contributed by atoms with Crippen molar-refractivity contribution in [2.24, 2.45) is 11.8 Å². The van der Waals surface area contributed by atoms with E-state index in [0.29, 0.717) is 21.5 Å². The Labute approximate surface area is 119 Å². The maximum absolute atomic E-state index is 10.6. The van der Waals surface area contributed by atoms with Crippen molar-refractivity contribution in [2.45, 2.75) is 45.1 Å². The molecule has 0 heterocycles. The average Bonchev–Trinajstić information content (AvgIpc) is 2.38. The average molecular weight is 287 g/mol. The van der Waals surface area contributed by atoms with Gasteiger partial charge in [0.25, 0.3) is 0 Å². The topological polar surface area (TPSA) is 20.2 Å².